The van der Waals surface area contributed by atoms with E-state index in [-0.39, 0.29) is 5.75 Å². The van der Waals surface area contributed by atoms with Crippen LogP contribution in [-0.4, -0.2) is 11.3 Å². The zero-order valence-corrected chi connectivity index (χ0v) is 6.12. The molecule has 0 saturated heterocycles. The summed E-state index contributed by atoms with van der Waals surface area (Å²) in [6, 6.07) is 5.06. The normalized spacial score (nSPS) is 9.45. The minimum Gasteiger partial charge on any atom is -0.506 e. The van der Waals surface area contributed by atoms with Crippen LogP contribution in [0.2, 0.25) is 0 Å². The Morgan fingerprint density at radius 2 is 2.27 bits per heavy atom. The molecule has 0 spiro atoms. The number of hydrogen-bond donors (Lipinski definition) is 3. The summed E-state index contributed by atoms with van der Waals surface area (Å²) in [4.78, 5) is 0. The van der Waals surface area contributed by atoms with Gasteiger partial charge in [-0.05, 0) is 17.7 Å². The van der Waals surface area contributed by atoms with Gasteiger partial charge >= 0.3 is 0 Å². The molecule has 5 N–H and O–H groups in total. The van der Waals surface area contributed by atoms with Crippen molar-refractivity contribution in [1.29, 1.82) is 0 Å². The van der Waals surface area contributed by atoms with Crippen molar-refractivity contribution in [3.63, 3.8) is 0 Å². The largest absolute Gasteiger partial charge is 0.506 e. The molecule has 1 aromatic rings. The minimum atomic E-state index is 0.116. The fourth-order valence-electron chi connectivity index (χ4n) is 0.867. The van der Waals surface area contributed by atoms with Crippen molar-refractivity contribution in [2.45, 2.75) is 6.42 Å². The summed E-state index contributed by atoms with van der Waals surface area (Å²) in [5.74, 6) is 0.116. The van der Waals surface area contributed by atoms with Crippen molar-refractivity contribution in [1.82, 2.24) is 0 Å². The van der Waals surface area contributed by atoms with Gasteiger partial charge in [0.2, 0.25) is 0 Å². The Hall–Kier alpha value is -1.51. The van der Waals surface area contributed by atoms with Gasteiger partial charge in [-0.25, -0.2) is 0 Å². The maximum Gasteiger partial charge on any atom is 0.140 e. The molecule has 0 aliphatic carbocycles. The molecule has 0 heterocycles. The van der Waals surface area contributed by atoms with E-state index in [0.717, 1.165) is 5.56 Å². The van der Waals surface area contributed by atoms with Crippen molar-refractivity contribution in [3.05, 3.63) is 23.8 Å². The van der Waals surface area contributed by atoms with Gasteiger partial charge in [0.05, 0.1) is 5.69 Å². The molecule has 0 radical (unpaired) electrons. The van der Waals surface area contributed by atoms with E-state index in [1.54, 1.807) is 24.4 Å². The van der Waals surface area contributed by atoms with Crippen molar-refractivity contribution >= 4 is 11.9 Å². The van der Waals surface area contributed by atoms with E-state index < -0.39 is 0 Å². The molecule has 3 heteroatoms. The maximum absolute atomic E-state index is 9.05. The predicted molar refractivity (Wildman–Crippen MR) is 44.2 cm³/mol. The van der Waals surface area contributed by atoms with Gasteiger partial charge in [-0.3, -0.25) is 5.41 Å². The molecule has 0 aliphatic heterocycles. The molecular formula is C8H11N2O+. The third-order valence-electron chi connectivity index (χ3n) is 1.45. The molecule has 0 aliphatic rings. The number of benzene rings is 1. The van der Waals surface area contributed by atoms with Gasteiger partial charge in [0.1, 0.15) is 12.0 Å². The van der Waals surface area contributed by atoms with Crippen LogP contribution in [0.15, 0.2) is 18.2 Å². The Labute approximate surface area is 65.0 Å². The monoisotopic (exact) mass is 151 g/mol. The van der Waals surface area contributed by atoms with Crippen LogP contribution in [0.25, 0.3) is 0 Å². The number of rotatable bonds is 2. The average Bonchev–Trinajstić information content (AvgIpc) is 1.98. The predicted octanol–water partition coefficient (Wildman–Crippen LogP) is -0.653. The van der Waals surface area contributed by atoms with E-state index in [0.29, 0.717) is 12.1 Å². The number of hydrogen-bond acceptors (Lipinski definition) is 2. The summed E-state index contributed by atoms with van der Waals surface area (Å²) in [6.07, 6.45) is 2.22. The van der Waals surface area contributed by atoms with E-state index in [1.807, 2.05) is 0 Å². The third-order valence-corrected chi connectivity index (χ3v) is 1.45. The van der Waals surface area contributed by atoms with Crippen LogP contribution < -0.4 is 11.1 Å². The molecule has 0 atom stereocenters. The van der Waals surface area contributed by atoms with E-state index >= 15 is 0 Å². The Morgan fingerprint density at radius 1 is 1.55 bits per heavy atom. The van der Waals surface area contributed by atoms with Gasteiger partial charge in [-0.2, -0.15) is 0 Å². The molecule has 0 amide bonds. The summed E-state index contributed by atoms with van der Waals surface area (Å²) in [5, 5.41) is 14.3. The van der Waals surface area contributed by atoms with Crippen molar-refractivity contribution in [2.24, 2.45) is 0 Å². The molecule has 0 fully saturated rings. The Bertz CT molecular complexity index is 271. The van der Waals surface area contributed by atoms with Crippen molar-refractivity contribution in [3.8, 4) is 5.75 Å². The standard InChI is InChI=1S/C8H10N2O/c9-4-3-6-1-2-8(11)7(10)5-6/h1-2,4-5,9,11H,3,10H2/p+1. The van der Waals surface area contributed by atoms with E-state index in [1.165, 1.54) is 0 Å². The van der Waals surface area contributed by atoms with Gasteiger partial charge in [-0.15, -0.1) is 0 Å². The molecule has 3 nitrogen and oxygen atoms in total. The topological polar surface area (TPSA) is 71.8 Å². The van der Waals surface area contributed by atoms with Crippen LogP contribution >= 0.6 is 0 Å². The smallest absolute Gasteiger partial charge is 0.140 e. The highest BCUT2D eigenvalue weighted by Crippen LogP contribution is 2.19. The van der Waals surface area contributed by atoms with Crippen LogP contribution in [0.1, 0.15) is 5.56 Å². The Kier molecular flexibility index (Phi) is 2.11. The van der Waals surface area contributed by atoms with Crippen LogP contribution in [-0.2, 0) is 6.42 Å². The van der Waals surface area contributed by atoms with Gasteiger partial charge < -0.3 is 10.8 Å². The zero-order chi connectivity index (χ0) is 8.27. The quantitative estimate of drug-likeness (QED) is 0.298. The van der Waals surface area contributed by atoms with Crippen LogP contribution in [0, 0.1) is 0 Å². The Balaban J connectivity index is 2.95. The second-order valence-electron chi connectivity index (χ2n) is 2.33. The second-order valence-corrected chi connectivity index (χ2v) is 2.33. The van der Waals surface area contributed by atoms with Crippen molar-refractivity contribution in [2.75, 3.05) is 5.73 Å². The van der Waals surface area contributed by atoms with E-state index in [9.17, 15) is 0 Å². The summed E-state index contributed by atoms with van der Waals surface area (Å²) >= 11 is 0. The molecule has 58 valence electrons. The number of phenols is 1. The fourth-order valence-corrected chi connectivity index (χ4v) is 0.867. The molecule has 1 aromatic carbocycles. The number of nitrogen functional groups attached to an aromatic ring is 1. The zero-order valence-electron chi connectivity index (χ0n) is 6.12. The lowest BCUT2D eigenvalue weighted by Gasteiger charge is -1.99. The molecular weight excluding hydrogens is 140 g/mol. The number of phenolic OH excluding ortho intramolecular Hbond substituents is 1. The first-order chi connectivity index (χ1) is 5.24. The molecule has 0 saturated carbocycles. The highest BCUT2D eigenvalue weighted by Gasteiger charge is 1.97. The highest BCUT2D eigenvalue weighted by atomic mass is 16.3. The molecule has 0 unspecified atom stereocenters. The second kappa shape index (κ2) is 3.05. The first-order valence-corrected chi connectivity index (χ1v) is 3.35. The maximum atomic E-state index is 9.05. The summed E-state index contributed by atoms with van der Waals surface area (Å²) in [5.41, 5.74) is 6.84. The summed E-state index contributed by atoms with van der Waals surface area (Å²) < 4.78 is 0. The summed E-state index contributed by atoms with van der Waals surface area (Å²) in [6.45, 7) is 0. The van der Waals surface area contributed by atoms with E-state index in [2.05, 4.69) is 0 Å². The lowest BCUT2D eigenvalue weighted by atomic mass is 10.1. The van der Waals surface area contributed by atoms with Crippen LogP contribution in [0.5, 0.6) is 5.75 Å². The van der Waals surface area contributed by atoms with Gasteiger partial charge in [-0.1, -0.05) is 6.07 Å². The first kappa shape index (κ1) is 7.60. The van der Waals surface area contributed by atoms with Crippen molar-refractivity contribution < 1.29 is 10.5 Å². The Morgan fingerprint density at radius 3 is 2.82 bits per heavy atom. The highest BCUT2D eigenvalue weighted by molar-refractivity contribution is 5.59. The van der Waals surface area contributed by atoms with E-state index in [4.69, 9.17) is 16.2 Å². The van der Waals surface area contributed by atoms with Gasteiger partial charge in [0, 0.05) is 6.42 Å². The lowest BCUT2D eigenvalue weighted by Crippen LogP contribution is -2.30. The summed E-state index contributed by atoms with van der Waals surface area (Å²) in [7, 11) is 0. The first-order valence-electron chi connectivity index (χ1n) is 3.35. The molecule has 0 bridgehead atoms. The van der Waals surface area contributed by atoms with Gasteiger partial charge in [0.25, 0.3) is 0 Å². The van der Waals surface area contributed by atoms with Crippen LogP contribution in [0.4, 0.5) is 5.69 Å². The number of nitrogens with two attached hydrogens (primary N) is 2. The lowest BCUT2D eigenvalue weighted by molar-refractivity contribution is -0.107. The average molecular weight is 151 g/mol. The molecule has 1 rings (SSSR count). The fraction of sp³-hybridized carbons (Fsp3) is 0.125. The third kappa shape index (κ3) is 1.70. The molecule has 0 aromatic heterocycles. The van der Waals surface area contributed by atoms with Gasteiger partial charge in [0.15, 0.2) is 0 Å². The molecule has 11 heavy (non-hydrogen) atoms. The SMILES string of the molecule is Nc1cc(CC=[NH2+])ccc1O. The number of aromatic hydroxyl groups is 1. The minimum absolute atomic E-state index is 0.116. The van der Waals surface area contributed by atoms with Crippen LogP contribution in [0.3, 0.4) is 0 Å². The number of anilines is 1.